The highest BCUT2D eigenvalue weighted by atomic mass is 16.5. The number of carbonyl (C=O) groups is 2. The molecule has 1 aromatic carbocycles. The summed E-state index contributed by atoms with van der Waals surface area (Å²) >= 11 is 0. The summed E-state index contributed by atoms with van der Waals surface area (Å²) in [5.74, 6) is -2.23. The lowest BCUT2D eigenvalue weighted by Crippen LogP contribution is -2.27. The molecule has 98 valence electrons. The molecule has 0 aliphatic carbocycles. The van der Waals surface area contributed by atoms with Gasteiger partial charge in [-0.3, -0.25) is 4.79 Å². The molecule has 7 heteroatoms. The van der Waals surface area contributed by atoms with Crippen LogP contribution in [-0.4, -0.2) is 47.0 Å². The number of rotatable bonds is 6. The van der Waals surface area contributed by atoms with Crippen LogP contribution in [0.15, 0.2) is 18.2 Å². The van der Waals surface area contributed by atoms with E-state index in [9.17, 15) is 14.7 Å². The Morgan fingerprint density at radius 3 is 2.56 bits per heavy atom. The van der Waals surface area contributed by atoms with Crippen molar-refractivity contribution in [2.24, 2.45) is 0 Å². The molecule has 0 atom stereocenters. The third kappa shape index (κ3) is 4.30. The summed E-state index contributed by atoms with van der Waals surface area (Å²) in [7, 11) is 0. The molecule has 0 radical (unpaired) electrons. The SMILES string of the molecule is O=C(O)COCCNC(=O)c1ccc(O)c(O)c1. The summed E-state index contributed by atoms with van der Waals surface area (Å²) in [5.41, 5.74) is 0.184. The van der Waals surface area contributed by atoms with Gasteiger partial charge in [-0.2, -0.15) is 0 Å². The Morgan fingerprint density at radius 2 is 1.94 bits per heavy atom. The Morgan fingerprint density at radius 1 is 1.22 bits per heavy atom. The van der Waals surface area contributed by atoms with E-state index < -0.39 is 18.5 Å². The Balaban J connectivity index is 2.36. The standard InChI is InChI=1S/C11H13NO6/c13-8-2-1-7(5-9(8)14)11(17)12-3-4-18-6-10(15)16/h1-2,5,13-14H,3-4,6H2,(H,12,17)(H,15,16). The molecule has 0 heterocycles. The maximum absolute atomic E-state index is 11.5. The zero-order chi connectivity index (χ0) is 13.5. The van der Waals surface area contributed by atoms with Gasteiger partial charge in [0.05, 0.1) is 6.61 Å². The Labute approximate surface area is 103 Å². The number of nitrogens with one attached hydrogen (secondary N) is 1. The maximum Gasteiger partial charge on any atom is 0.329 e. The summed E-state index contributed by atoms with van der Waals surface area (Å²) in [5, 5.41) is 29.0. The fraction of sp³-hybridized carbons (Fsp3) is 0.273. The van der Waals surface area contributed by atoms with E-state index in [0.29, 0.717) is 0 Å². The van der Waals surface area contributed by atoms with Gasteiger partial charge in [0.2, 0.25) is 0 Å². The van der Waals surface area contributed by atoms with Gasteiger partial charge < -0.3 is 25.4 Å². The maximum atomic E-state index is 11.5. The van der Waals surface area contributed by atoms with E-state index in [1.807, 2.05) is 0 Å². The predicted molar refractivity (Wildman–Crippen MR) is 60.6 cm³/mol. The molecular formula is C11H13NO6. The van der Waals surface area contributed by atoms with Gasteiger partial charge in [-0.15, -0.1) is 0 Å². The average molecular weight is 255 g/mol. The van der Waals surface area contributed by atoms with Crippen molar-refractivity contribution in [1.29, 1.82) is 0 Å². The largest absolute Gasteiger partial charge is 0.504 e. The molecule has 0 bridgehead atoms. The van der Waals surface area contributed by atoms with Crippen LogP contribution < -0.4 is 5.32 Å². The normalized spacial score (nSPS) is 10.0. The second-order valence-electron chi connectivity index (χ2n) is 3.41. The second kappa shape index (κ2) is 6.45. The minimum absolute atomic E-state index is 0.0715. The van der Waals surface area contributed by atoms with E-state index in [4.69, 9.17) is 14.9 Å². The topological polar surface area (TPSA) is 116 Å². The zero-order valence-electron chi connectivity index (χ0n) is 9.42. The first-order valence-corrected chi connectivity index (χ1v) is 5.10. The van der Waals surface area contributed by atoms with E-state index >= 15 is 0 Å². The van der Waals surface area contributed by atoms with E-state index in [1.165, 1.54) is 12.1 Å². The lowest BCUT2D eigenvalue weighted by atomic mass is 10.2. The number of benzene rings is 1. The van der Waals surface area contributed by atoms with Gasteiger partial charge in [-0.05, 0) is 18.2 Å². The molecular weight excluding hydrogens is 242 g/mol. The van der Waals surface area contributed by atoms with Crippen molar-refractivity contribution in [2.75, 3.05) is 19.8 Å². The fourth-order valence-electron chi connectivity index (χ4n) is 1.16. The minimum Gasteiger partial charge on any atom is -0.504 e. The second-order valence-corrected chi connectivity index (χ2v) is 3.41. The first kappa shape index (κ1) is 13.8. The molecule has 0 saturated carbocycles. The number of carboxylic acid groups (broad SMARTS) is 1. The Kier molecular flexibility index (Phi) is 4.94. The van der Waals surface area contributed by atoms with Gasteiger partial charge in [0.15, 0.2) is 11.5 Å². The number of carbonyl (C=O) groups excluding carboxylic acids is 1. The fourth-order valence-corrected chi connectivity index (χ4v) is 1.16. The quantitative estimate of drug-likeness (QED) is 0.417. The summed E-state index contributed by atoms with van der Waals surface area (Å²) < 4.78 is 4.72. The van der Waals surface area contributed by atoms with Crippen molar-refractivity contribution in [3.63, 3.8) is 0 Å². The summed E-state index contributed by atoms with van der Waals surface area (Å²) in [6.45, 7) is -0.203. The van der Waals surface area contributed by atoms with Crippen LogP contribution in [-0.2, 0) is 9.53 Å². The van der Waals surface area contributed by atoms with Gasteiger partial charge in [0.1, 0.15) is 6.61 Å². The zero-order valence-corrected chi connectivity index (χ0v) is 9.42. The van der Waals surface area contributed by atoms with Crippen molar-refractivity contribution >= 4 is 11.9 Å². The molecule has 0 aliphatic heterocycles. The van der Waals surface area contributed by atoms with Gasteiger partial charge >= 0.3 is 5.97 Å². The van der Waals surface area contributed by atoms with Crippen LogP contribution in [0.5, 0.6) is 11.5 Å². The Hall–Kier alpha value is -2.28. The molecule has 1 rings (SSSR count). The molecule has 7 nitrogen and oxygen atoms in total. The molecule has 18 heavy (non-hydrogen) atoms. The van der Waals surface area contributed by atoms with Crippen molar-refractivity contribution in [3.05, 3.63) is 23.8 Å². The van der Waals surface area contributed by atoms with E-state index in [0.717, 1.165) is 6.07 Å². The lowest BCUT2D eigenvalue weighted by Gasteiger charge is -2.06. The number of aromatic hydroxyl groups is 2. The van der Waals surface area contributed by atoms with Crippen LogP contribution in [0.1, 0.15) is 10.4 Å². The van der Waals surface area contributed by atoms with E-state index in [2.05, 4.69) is 5.32 Å². The lowest BCUT2D eigenvalue weighted by molar-refractivity contribution is -0.142. The molecule has 0 fully saturated rings. The van der Waals surface area contributed by atoms with Crippen LogP contribution >= 0.6 is 0 Å². The number of aliphatic carboxylic acids is 1. The van der Waals surface area contributed by atoms with Crippen LogP contribution in [0.25, 0.3) is 0 Å². The summed E-state index contributed by atoms with van der Waals surface area (Å²) in [6, 6.07) is 3.68. The van der Waals surface area contributed by atoms with Crippen LogP contribution in [0, 0.1) is 0 Å². The number of amides is 1. The molecule has 1 aromatic rings. The number of hydrogen-bond donors (Lipinski definition) is 4. The van der Waals surface area contributed by atoms with Crippen molar-refractivity contribution in [1.82, 2.24) is 5.32 Å². The third-order valence-corrected chi connectivity index (χ3v) is 2.00. The van der Waals surface area contributed by atoms with Gasteiger partial charge in [-0.1, -0.05) is 0 Å². The summed E-state index contributed by atoms with van der Waals surface area (Å²) in [4.78, 5) is 21.7. The van der Waals surface area contributed by atoms with Crippen molar-refractivity contribution in [2.45, 2.75) is 0 Å². The van der Waals surface area contributed by atoms with Gasteiger partial charge in [0, 0.05) is 12.1 Å². The highest BCUT2D eigenvalue weighted by Crippen LogP contribution is 2.24. The monoisotopic (exact) mass is 255 g/mol. The number of ether oxygens (including phenoxy) is 1. The van der Waals surface area contributed by atoms with Crippen molar-refractivity contribution in [3.8, 4) is 11.5 Å². The number of phenolic OH excluding ortho intramolecular Hbond substituents is 2. The smallest absolute Gasteiger partial charge is 0.329 e. The molecule has 1 amide bonds. The highest BCUT2D eigenvalue weighted by molar-refractivity contribution is 5.94. The van der Waals surface area contributed by atoms with E-state index in [-0.39, 0.29) is 30.2 Å². The molecule has 4 N–H and O–H groups in total. The highest BCUT2D eigenvalue weighted by Gasteiger charge is 2.08. The van der Waals surface area contributed by atoms with E-state index in [1.54, 1.807) is 0 Å². The van der Waals surface area contributed by atoms with Gasteiger partial charge in [-0.25, -0.2) is 4.79 Å². The molecule has 0 saturated heterocycles. The molecule has 0 aromatic heterocycles. The first-order valence-electron chi connectivity index (χ1n) is 5.10. The Bertz CT molecular complexity index is 445. The van der Waals surface area contributed by atoms with Crippen molar-refractivity contribution < 1.29 is 29.6 Å². The van der Waals surface area contributed by atoms with Gasteiger partial charge in [0.25, 0.3) is 5.91 Å². The number of phenols is 2. The third-order valence-electron chi connectivity index (χ3n) is 2.00. The first-order chi connectivity index (χ1) is 8.50. The molecule has 0 spiro atoms. The number of hydrogen-bond acceptors (Lipinski definition) is 5. The molecule has 0 aliphatic rings. The van der Waals surface area contributed by atoms with Crippen LogP contribution in [0.4, 0.5) is 0 Å². The number of carboxylic acids is 1. The molecule has 0 unspecified atom stereocenters. The predicted octanol–water partition coefficient (Wildman–Crippen LogP) is -0.0712. The average Bonchev–Trinajstić information content (AvgIpc) is 2.31. The minimum atomic E-state index is -1.08. The summed E-state index contributed by atoms with van der Waals surface area (Å²) in [6.07, 6.45) is 0. The van der Waals surface area contributed by atoms with Crippen LogP contribution in [0.2, 0.25) is 0 Å². The van der Waals surface area contributed by atoms with Crippen LogP contribution in [0.3, 0.4) is 0 Å².